The van der Waals surface area contributed by atoms with Gasteiger partial charge in [0.25, 0.3) is 0 Å². The summed E-state index contributed by atoms with van der Waals surface area (Å²) in [4.78, 5) is 0. The molecule has 0 unspecified atom stereocenters. The maximum atomic E-state index is 7.50. The van der Waals surface area contributed by atoms with Gasteiger partial charge in [-0.1, -0.05) is 31.0 Å². The van der Waals surface area contributed by atoms with Crippen molar-refractivity contribution >= 4 is 0 Å². The Balaban J connectivity index is -0.000000153. The van der Waals surface area contributed by atoms with Crippen molar-refractivity contribution in [3.05, 3.63) is 70.4 Å². The number of hydrogen-bond donors (Lipinski definition) is 0. The molecule has 0 spiro atoms. The van der Waals surface area contributed by atoms with Crippen LogP contribution in [0.5, 0.6) is 0 Å². The standard InChI is InChI=1S/C15H23NO2.5CO.W/c1-15(17-13-14-18-15)9-5-2-3-6-10-16-11-7-4-8-12-16;5*1-2;/h4,7-8,10-12H,2-3,5-6,9,13-14H2,1H3;;;;;;. The Bertz CT molecular complexity index is 500. The van der Waals surface area contributed by atoms with Gasteiger partial charge in [-0.2, -0.15) is 0 Å². The van der Waals surface area contributed by atoms with Crippen LogP contribution in [0.15, 0.2) is 30.6 Å². The molecule has 1 aromatic heterocycles. The Morgan fingerprint density at radius 3 is 1.69 bits per heavy atom. The molecule has 1 aliphatic heterocycles. The first-order chi connectivity index (χ1) is 13.8. The number of pyridine rings is 1. The summed E-state index contributed by atoms with van der Waals surface area (Å²) in [5.41, 5.74) is 0. The molecule has 0 atom stereocenters. The Labute approximate surface area is 186 Å². The number of rotatable bonds is 7. The Morgan fingerprint density at radius 2 is 1.24 bits per heavy atom. The Morgan fingerprint density at radius 1 is 0.793 bits per heavy atom. The van der Waals surface area contributed by atoms with Crippen LogP contribution in [0.1, 0.15) is 39.0 Å². The van der Waals surface area contributed by atoms with Crippen LogP contribution in [-0.4, -0.2) is 19.0 Å². The molecule has 2 heterocycles. The van der Waals surface area contributed by atoms with Gasteiger partial charge in [0.15, 0.2) is 5.79 Å². The summed E-state index contributed by atoms with van der Waals surface area (Å²) in [6.45, 7) is 28.3. The van der Waals surface area contributed by atoms with E-state index in [4.69, 9.17) is 32.7 Å². The van der Waals surface area contributed by atoms with E-state index in [0.29, 0.717) is 0 Å². The van der Waals surface area contributed by atoms with Crippen molar-refractivity contribution in [1.82, 2.24) is 0 Å². The molecular weight excluding hydrogens is 550 g/mol. The van der Waals surface area contributed by atoms with Crippen molar-refractivity contribution in [2.75, 3.05) is 13.2 Å². The van der Waals surface area contributed by atoms with Crippen LogP contribution in [0.25, 0.3) is 0 Å². The number of hydrogen-bond acceptors (Lipinski definition) is 2. The first kappa shape index (κ1) is 38.0. The summed E-state index contributed by atoms with van der Waals surface area (Å²) in [5, 5.41) is 0. The normalized spacial score (nSPS) is 11.4. The van der Waals surface area contributed by atoms with E-state index in [1.165, 1.54) is 19.3 Å². The van der Waals surface area contributed by atoms with E-state index in [0.717, 1.165) is 26.1 Å². The van der Waals surface area contributed by atoms with Gasteiger partial charge in [0, 0.05) is 34.0 Å². The number of ether oxygens (including phenoxy) is 2. The monoisotopic (exact) mass is 573 g/mol. The predicted molar refractivity (Wildman–Crippen MR) is 89.4 cm³/mol. The number of unbranched alkanes of at least 4 members (excludes halogenated alkanes) is 3. The molecule has 0 bridgehead atoms. The van der Waals surface area contributed by atoms with E-state index in [9.17, 15) is 0 Å². The number of aromatic nitrogens is 1. The third-order valence-electron chi connectivity index (χ3n) is 3.31. The average Bonchev–Trinajstić information content (AvgIpc) is 3.25. The zero-order valence-electron chi connectivity index (χ0n) is 16.1. The zero-order valence-corrected chi connectivity index (χ0v) is 19.1. The molecule has 1 fully saturated rings. The molecule has 0 radical (unpaired) electrons. The van der Waals surface area contributed by atoms with Crippen molar-refractivity contribution in [3.63, 3.8) is 0 Å². The van der Waals surface area contributed by atoms with Crippen molar-refractivity contribution in [3.8, 4) is 0 Å². The van der Waals surface area contributed by atoms with E-state index in [-0.39, 0.29) is 26.9 Å². The topological polar surface area (TPSA) is 122 Å². The van der Waals surface area contributed by atoms with E-state index in [1.807, 2.05) is 25.1 Å². The minimum Gasteiger partial charge on any atom is 0 e. The van der Waals surface area contributed by atoms with Gasteiger partial charge < -0.3 is 14.0 Å². The van der Waals surface area contributed by atoms with Gasteiger partial charge in [-0.05, 0) is 19.8 Å². The van der Waals surface area contributed by atoms with E-state index < -0.39 is 0 Å². The molecule has 1 saturated heterocycles. The van der Waals surface area contributed by atoms with Crippen LogP contribution in [0.3, 0.4) is 0 Å². The first-order valence-corrected chi connectivity index (χ1v) is 7.88. The van der Waals surface area contributed by atoms with Gasteiger partial charge in [-0.25, -0.2) is 0 Å². The van der Waals surface area contributed by atoms with Crippen LogP contribution in [0, 0.1) is 39.8 Å². The second kappa shape index (κ2) is 33.9. The quantitative estimate of drug-likeness (QED) is 0.216. The third-order valence-corrected chi connectivity index (χ3v) is 3.31. The molecule has 0 amide bonds. The van der Waals surface area contributed by atoms with Crippen LogP contribution in [0.2, 0.25) is 0 Å². The fourth-order valence-electron chi connectivity index (χ4n) is 2.24. The van der Waals surface area contributed by atoms with Crippen LogP contribution >= 0.6 is 0 Å². The van der Waals surface area contributed by atoms with Gasteiger partial charge in [0.2, 0.25) is 0 Å². The van der Waals surface area contributed by atoms with Gasteiger partial charge in [0.1, 0.15) is 0 Å². The second-order valence-corrected chi connectivity index (χ2v) is 4.94. The van der Waals surface area contributed by atoms with Crippen LogP contribution in [-0.2, 0) is 53.8 Å². The molecular formula is C20H23NO7W. The van der Waals surface area contributed by atoms with E-state index in [2.05, 4.69) is 56.8 Å². The minimum absolute atomic E-state index is 0. The predicted octanol–water partition coefficient (Wildman–Crippen LogP) is 2.51. The Hall–Kier alpha value is -1.67. The fraction of sp³-hybridized carbons (Fsp3) is 0.450. The average molecular weight is 573 g/mol. The maximum Gasteiger partial charge on any atom is 0 e. The summed E-state index contributed by atoms with van der Waals surface area (Å²) >= 11 is 0. The van der Waals surface area contributed by atoms with Crippen molar-refractivity contribution in [2.24, 2.45) is 0 Å². The first-order valence-electron chi connectivity index (χ1n) is 7.88. The van der Waals surface area contributed by atoms with Gasteiger partial charge in [-0.15, -0.1) is 0 Å². The van der Waals surface area contributed by atoms with E-state index in [1.54, 1.807) is 0 Å². The maximum absolute atomic E-state index is 7.50. The summed E-state index contributed by atoms with van der Waals surface area (Å²) in [6, 6.07) is 6.13. The fourth-order valence-corrected chi connectivity index (χ4v) is 2.24. The smallest absolute Gasteiger partial charge is 0 e. The third kappa shape index (κ3) is 24.3. The van der Waals surface area contributed by atoms with Crippen molar-refractivity contribution in [1.29, 1.82) is 0 Å². The molecule has 0 saturated carbocycles. The number of nitrogens with zero attached hydrogens (tertiary/aromatic N) is 1. The van der Waals surface area contributed by atoms with E-state index >= 15 is 0 Å². The van der Waals surface area contributed by atoms with Crippen LogP contribution in [0.4, 0.5) is 0 Å². The van der Waals surface area contributed by atoms with Gasteiger partial charge in [-0.3, -0.25) is 0 Å². The van der Waals surface area contributed by atoms with Gasteiger partial charge >= 0.3 is 56.5 Å². The van der Waals surface area contributed by atoms with Crippen molar-refractivity contribution in [2.45, 2.75) is 44.8 Å². The summed E-state index contributed by atoms with van der Waals surface area (Å²) in [6.07, 6.45) is 9.88. The Kier molecular flexibility index (Phi) is 44.4. The van der Waals surface area contributed by atoms with Crippen LogP contribution < -0.4 is 4.57 Å². The molecule has 0 aliphatic carbocycles. The molecule has 0 aromatic carbocycles. The largest absolute Gasteiger partial charge is 0 e. The molecule has 1 aliphatic rings. The summed E-state index contributed by atoms with van der Waals surface area (Å²) in [7, 11) is 0. The van der Waals surface area contributed by atoms with Crippen molar-refractivity contribution < 1.29 is 58.4 Å². The zero-order chi connectivity index (χ0) is 22.7. The molecule has 0 N–H and O–H groups in total. The molecule has 156 valence electrons. The SMILES string of the molecule is CC1(CCCCC[CH-][n+]2ccccc2)OCCO1.[C-]#[O+].[C-]#[O+].[C-]#[O+].[C-]#[O+].[C-]#[O+].[W]. The molecule has 1 aromatic rings. The summed E-state index contributed by atoms with van der Waals surface area (Å²) < 4.78 is 50.8. The molecule has 9 heteroatoms. The molecule has 2 rings (SSSR count). The summed E-state index contributed by atoms with van der Waals surface area (Å²) in [5.74, 6) is -0.308. The second-order valence-electron chi connectivity index (χ2n) is 4.94. The minimum atomic E-state index is -0.308. The van der Waals surface area contributed by atoms with Gasteiger partial charge in [0.05, 0.1) is 25.6 Å². The molecule has 8 nitrogen and oxygen atoms in total. The molecule has 29 heavy (non-hydrogen) atoms.